The number of halogens is 3. The predicted molar refractivity (Wildman–Crippen MR) is 84.1 cm³/mol. The number of likely N-dealkylation sites (tertiary alicyclic amines) is 1. The Hall–Kier alpha value is -0.290. The molecule has 0 aliphatic carbocycles. The zero-order chi connectivity index (χ0) is 13.1. The summed E-state index contributed by atoms with van der Waals surface area (Å²) in [6, 6.07) is 5.26. The fourth-order valence-corrected chi connectivity index (χ4v) is 3.06. The second-order valence-electron chi connectivity index (χ2n) is 4.60. The van der Waals surface area contributed by atoms with Crippen molar-refractivity contribution < 1.29 is 4.79 Å². The fourth-order valence-electron chi connectivity index (χ4n) is 2.21. The van der Waals surface area contributed by atoms with Gasteiger partial charge in [0.1, 0.15) is 0 Å². The van der Waals surface area contributed by atoms with Crippen molar-refractivity contribution in [2.45, 2.75) is 12.8 Å². The Morgan fingerprint density at radius 3 is 2.58 bits per heavy atom. The highest BCUT2D eigenvalue weighted by molar-refractivity contribution is 9.10. The number of nitrogens with zero attached hydrogens (tertiary/aromatic N) is 1. The molecule has 6 heteroatoms. The molecule has 1 aliphatic rings. The van der Waals surface area contributed by atoms with Gasteiger partial charge in [-0.05, 0) is 59.4 Å². The third kappa shape index (κ3) is 4.09. The topological polar surface area (TPSA) is 46.3 Å². The van der Waals surface area contributed by atoms with E-state index in [1.54, 1.807) is 18.2 Å². The normalized spacial score (nSPS) is 16.1. The monoisotopic (exact) mass is 366 g/mol. The molecule has 1 aromatic carbocycles. The lowest BCUT2D eigenvalue weighted by atomic mass is 9.96. The molecule has 106 valence electrons. The Morgan fingerprint density at radius 1 is 1.42 bits per heavy atom. The first kappa shape index (κ1) is 16.8. The molecule has 0 bridgehead atoms. The average Bonchev–Trinajstić information content (AvgIpc) is 2.38. The highest BCUT2D eigenvalue weighted by atomic mass is 79.9. The van der Waals surface area contributed by atoms with E-state index in [0.717, 1.165) is 30.4 Å². The minimum atomic E-state index is 0. The molecule has 1 aromatic rings. The molecule has 0 saturated carbocycles. The van der Waals surface area contributed by atoms with Gasteiger partial charge in [-0.15, -0.1) is 12.4 Å². The minimum Gasteiger partial charge on any atom is -0.339 e. The summed E-state index contributed by atoms with van der Waals surface area (Å²) in [5, 5.41) is 0.625. The zero-order valence-corrected chi connectivity index (χ0v) is 13.6. The largest absolute Gasteiger partial charge is 0.339 e. The summed E-state index contributed by atoms with van der Waals surface area (Å²) in [5.41, 5.74) is 6.32. The standard InChI is InChI=1S/C13H16BrClN2O.ClH/c14-12-7-10(15)1-2-11(12)13(18)17-5-3-9(8-16)4-6-17;/h1-2,7,9H,3-6,8,16H2;1H. The molecule has 2 rings (SSSR count). The maximum Gasteiger partial charge on any atom is 0.254 e. The van der Waals surface area contributed by atoms with Crippen LogP contribution in [0.15, 0.2) is 22.7 Å². The maximum atomic E-state index is 12.3. The Kier molecular flexibility index (Phi) is 6.60. The Labute approximate surface area is 133 Å². The molecule has 0 radical (unpaired) electrons. The third-order valence-electron chi connectivity index (χ3n) is 3.40. The highest BCUT2D eigenvalue weighted by Gasteiger charge is 2.23. The van der Waals surface area contributed by atoms with Gasteiger partial charge in [-0.2, -0.15) is 0 Å². The second-order valence-corrected chi connectivity index (χ2v) is 5.89. The van der Waals surface area contributed by atoms with E-state index in [2.05, 4.69) is 15.9 Å². The number of hydrogen-bond acceptors (Lipinski definition) is 2. The molecule has 1 aliphatic heterocycles. The predicted octanol–water partition coefficient (Wildman–Crippen LogP) is 3.34. The van der Waals surface area contributed by atoms with Crippen LogP contribution in [0.25, 0.3) is 0 Å². The number of carbonyl (C=O) groups is 1. The first-order chi connectivity index (χ1) is 8.61. The van der Waals surface area contributed by atoms with Crippen molar-refractivity contribution in [2.75, 3.05) is 19.6 Å². The summed E-state index contributed by atoms with van der Waals surface area (Å²) >= 11 is 9.26. The van der Waals surface area contributed by atoms with Crippen LogP contribution in [0.3, 0.4) is 0 Å². The van der Waals surface area contributed by atoms with Gasteiger partial charge in [-0.25, -0.2) is 0 Å². The van der Waals surface area contributed by atoms with Crippen molar-refractivity contribution in [3.05, 3.63) is 33.3 Å². The van der Waals surface area contributed by atoms with E-state index < -0.39 is 0 Å². The minimum absolute atomic E-state index is 0. The Bertz CT molecular complexity index is 448. The van der Waals surface area contributed by atoms with Crippen molar-refractivity contribution in [1.82, 2.24) is 4.90 Å². The Balaban J connectivity index is 0.00000180. The molecule has 0 unspecified atom stereocenters. The fraction of sp³-hybridized carbons (Fsp3) is 0.462. The molecule has 1 fully saturated rings. The quantitative estimate of drug-likeness (QED) is 0.871. The van der Waals surface area contributed by atoms with Crippen LogP contribution >= 0.6 is 39.9 Å². The van der Waals surface area contributed by atoms with Gasteiger partial charge < -0.3 is 10.6 Å². The summed E-state index contributed by atoms with van der Waals surface area (Å²) in [5.74, 6) is 0.622. The number of nitrogens with two attached hydrogens (primary N) is 1. The van der Waals surface area contributed by atoms with E-state index in [4.69, 9.17) is 17.3 Å². The maximum absolute atomic E-state index is 12.3. The van der Waals surface area contributed by atoms with Gasteiger partial charge in [0.15, 0.2) is 0 Å². The van der Waals surface area contributed by atoms with Crippen molar-refractivity contribution in [3.63, 3.8) is 0 Å². The van der Waals surface area contributed by atoms with Gasteiger partial charge in [0.05, 0.1) is 5.56 Å². The molecular weight excluding hydrogens is 351 g/mol. The number of piperidine rings is 1. The summed E-state index contributed by atoms with van der Waals surface area (Å²) in [7, 11) is 0. The van der Waals surface area contributed by atoms with Gasteiger partial charge in [-0.1, -0.05) is 11.6 Å². The van der Waals surface area contributed by atoms with E-state index in [1.807, 2.05) is 4.90 Å². The highest BCUT2D eigenvalue weighted by Crippen LogP contribution is 2.25. The van der Waals surface area contributed by atoms with Crippen molar-refractivity contribution in [2.24, 2.45) is 11.7 Å². The zero-order valence-electron chi connectivity index (χ0n) is 10.4. The molecule has 0 aromatic heterocycles. The van der Waals surface area contributed by atoms with Crippen LogP contribution in [-0.2, 0) is 0 Å². The first-order valence-electron chi connectivity index (χ1n) is 6.06. The molecule has 3 nitrogen and oxygen atoms in total. The number of carbonyl (C=O) groups excluding carboxylic acids is 1. The van der Waals surface area contributed by atoms with Gasteiger partial charge in [-0.3, -0.25) is 4.79 Å². The lowest BCUT2D eigenvalue weighted by Crippen LogP contribution is -2.40. The summed E-state index contributed by atoms with van der Waals surface area (Å²) in [6.45, 7) is 2.29. The number of hydrogen-bond donors (Lipinski definition) is 1. The average molecular weight is 368 g/mol. The van der Waals surface area contributed by atoms with E-state index >= 15 is 0 Å². The first-order valence-corrected chi connectivity index (χ1v) is 7.23. The van der Waals surface area contributed by atoms with Gasteiger partial charge in [0, 0.05) is 22.6 Å². The SMILES string of the molecule is Cl.NCC1CCN(C(=O)c2ccc(Cl)cc2Br)CC1. The second kappa shape index (κ2) is 7.48. The lowest BCUT2D eigenvalue weighted by Gasteiger charge is -2.31. The molecule has 0 atom stereocenters. The number of benzene rings is 1. The van der Waals surface area contributed by atoms with Crippen LogP contribution < -0.4 is 5.73 Å². The summed E-state index contributed by atoms with van der Waals surface area (Å²) < 4.78 is 0.751. The molecule has 1 amide bonds. The third-order valence-corrected chi connectivity index (χ3v) is 4.29. The van der Waals surface area contributed by atoms with Crippen LogP contribution in [0.4, 0.5) is 0 Å². The van der Waals surface area contributed by atoms with E-state index in [0.29, 0.717) is 23.0 Å². The molecule has 2 N–H and O–H groups in total. The number of amides is 1. The molecular formula is C13H17BrCl2N2O. The summed E-state index contributed by atoms with van der Waals surface area (Å²) in [6.07, 6.45) is 1.99. The molecule has 0 spiro atoms. The van der Waals surface area contributed by atoms with Gasteiger partial charge in [0.25, 0.3) is 5.91 Å². The molecule has 1 heterocycles. The lowest BCUT2D eigenvalue weighted by molar-refractivity contribution is 0.0692. The van der Waals surface area contributed by atoms with Crippen LogP contribution in [0.1, 0.15) is 23.2 Å². The number of rotatable bonds is 2. The van der Waals surface area contributed by atoms with Gasteiger partial charge in [0.2, 0.25) is 0 Å². The van der Waals surface area contributed by atoms with Crippen molar-refractivity contribution in [1.29, 1.82) is 0 Å². The van der Waals surface area contributed by atoms with E-state index in [1.165, 1.54) is 0 Å². The van der Waals surface area contributed by atoms with Crippen LogP contribution in [0.5, 0.6) is 0 Å². The van der Waals surface area contributed by atoms with Crippen LogP contribution in [0, 0.1) is 5.92 Å². The van der Waals surface area contributed by atoms with E-state index in [-0.39, 0.29) is 18.3 Å². The van der Waals surface area contributed by atoms with Crippen molar-refractivity contribution >= 4 is 45.8 Å². The molecule has 1 saturated heterocycles. The van der Waals surface area contributed by atoms with Gasteiger partial charge >= 0.3 is 0 Å². The van der Waals surface area contributed by atoms with Crippen LogP contribution in [-0.4, -0.2) is 30.4 Å². The van der Waals surface area contributed by atoms with Crippen LogP contribution in [0.2, 0.25) is 5.02 Å². The van der Waals surface area contributed by atoms with Crippen molar-refractivity contribution in [3.8, 4) is 0 Å². The summed E-state index contributed by atoms with van der Waals surface area (Å²) in [4.78, 5) is 14.2. The molecule has 19 heavy (non-hydrogen) atoms. The van der Waals surface area contributed by atoms with E-state index in [9.17, 15) is 4.79 Å². The smallest absolute Gasteiger partial charge is 0.254 e. The Morgan fingerprint density at radius 2 is 2.05 bits per heavy atom.